The minimum Gasteiger partial charge on any atom is -0.461 e. The smallest absolute Gasteiger partial charge is 0.306 e. The van der Waals surface area contributed by atoms with E-state index in [0.717, 1.165) is 18.4 Å². The van der Waals surface area contributed by atoms with Gasteiger partial charge in [-0.1, -0.05) is 55.3 Å². The summed E-state index contributed by atoms with van der Waals surface area (Å²) in [7, 11) is 0. The number of aliphatic hydroxyl groups excluding tert-OH is 1. The van der Waals surface area contributed by atoms with Gasteiger partial charge in [0, 0.05) is 12.3 Å². The van der Waals surface area contributed by atoms with Crippen LogP contribution in [-0.4, -0.2) is 23.8 Å². The molecule has 1 aromatic carbocycles. The molecule has 0 spiro atoms. The molecule has 0 unspecified atom stereocenters. The third-order valence-corrected chi connectivity index (χ3v) is 4.76. The number of ether oxygens (including phenoxy) is 1. The Hall–Kier alpha value is -1.87. The van der Waals surface area contributed by atoms with Gasteiger partial charge < -0.3 is 9.84 Å². The number of aliphatic hydroxyl groups is 1. The topological polar surface area (TPSA) is 46.5 Å². The summed E-state index contributed by atoms with van der Waals surface area (Å²) in [5.74, 6) is 0.108. The summed E-state index contributed by atoms with van der Waals surface area (Å²) in [5, 5.41) is 10.4. The van der Waals surface area contributed by atoms with Crippen LogP contribution in [0.3, 0.4) is 0 Å². The highest BCUT2D eigenvalue weighted by atomic mass is 16.5. The lowest BCUT2D eigenvalue weighted by molar-refractivity contribution is -0.142. The summed E-state index contributed by atoms with van der Waals surface area (Å²) in [5.41, 5.74) is 1.08. The zero-order chi connectivity index (χ0) is 17.2. The predicted octanol–water partition coefficient (Wildman–Crippen LogP) is 4.38. The lowest BCUT2D eigenvalue weighted by atomic mass is 9.87. The number of hydrogen-bond donors (Lipinski definition) is 1. The predicted molar refractivity (Wildman–Crippen MR) is 97.3 cm³/mol. The lowest BCUT2D eigenvalue weighted by Gasteiger charge is -2.24. The molecule has 1 aliphatic rings. The minimum atomic E-state index is -0.379. The van der Waals surface area contributed by atoms with Gasteiger partial charge in [-0.2, -0.15) is 0 Å². The molecule has 0 radical (unpaired) electrons. The summed E-state index contributed by atoms with van der Waals surface area (Å²) in [6.45, 7) is 4.09. The maximum Gasteiger partial charge on any atom is 0.306 e. The van der Waals surface area contributed by atoms with Gasteiger partial charge in [-0.25, -0.2) is 0 Å². The van der Waals surface area contributed by atoms with Crippen LogP contribution in [0.2, 0.25) is 0 Å². The summed E-state index contributed by atoms with van der Waals surface area (Å²) in [4.78, 5) is 11.8. The van der Waals surface area contributed by atoms with Gasteiger partial charge >= 0.3 is 5.97 Å². The van der Waals surface area contributed by atoms with Crippen LogP contribution in [-0.2, 0) is 9.53 Å². The first-order valence-corrected chi connectivity index (χ1v) is 8.88. The fourth-order valence-electron chi connectivity index (χ4n) is 3.32. The summed E-state index contributed by atoms with van der Waals surface area (Å²) < 4.78 is 5.22. The molecule has 0 bridgehead atoms. The molecule has 0 aliphatic heterocycles. The molecule has 2 atom stereocenters. The fraction of sp³-hybridized carbons (Fsp3) is 0.476. The van der Waals surface area contributed by atoms with Gasteiger partial charge in [0.05, 0.1) is 6.10 Å². The molecule has 0 aromatic heterocycles. The first-order valence-electron chi connectivity index (χ1n) is 8.88. The average Bonchev–Trinajstić information content (AvgIpc) is 3.14. The normalized spacial score (nSPS) is 17.7. The van der Waals surface area contributed by atoms with E-state index in [1.165, 1.54) is 12.8 Å². The van der Waals surface area contributed by atoms with Crippen LogP contribution in [0.25, 0.3) is 6.08 Å². The summed E-state index contributed by atoms with van der Waals surface area (Å²) in [6.07, 6.45) is 10.7. The van der Waals surface area contributed by atoms with E-state index in [1.807, 2.05) is 42.5 Å². The standard InChI is InChI=1S/C21H28O3/c1-2-18(21(23)19-12-6-7-13-19)14-15-20(22)24-16-8-11-17-9-4-3-5-10-17/h2-5,8-11,18-19,21,23H,1,6-7,12-16H2/b11-8+/t18-,21+/m0/s1. The third kappa shape index (κ3) is 5.97. The van der Waals surface area contributed by atoms with E-state index in [1.54, 1.807) is 6.08 Å². The van der Waals surface area contributed by atoms with Gasteiger partial charge in [0.25, 0.3) is 0 Å². The zero-order valence-corrected chi connectivity index (χ0v) is 14.3. The number of carbonyl (C=O) groups is 1. The highest BCUT2D eigenvalue weighted by Gasteiger charge is 2.28. The van der Waals surface area contributed by atoms with Gasteiger partial charge in [0.2, 0.25) is 0 Å². The van der Waals surface area contributed by atoms with Crippen LogP contribution in [0.15, 0.2) is 49.1 Å². The van der Waals surface area contributed by atoms with Crippen LogP contribution in [0, 0.1) is 11.8 Å². The Morgan fingerprint density at radius 1 is 1.29 bits per heavy atom. The Balaban J connectivity index is 1.67. The van der Waals surface area contributed by atoms with Crippen LogP contribution >= 0.6 is 0 Å². The number of benzene rings is 1. The maximum atomic E-state index is 11.8. The van der Waals surface area contributed by atoms with Crippen LogP contribution in [0.1, 0.15) is 44.1 Å². The Bertz CT molecular complexity index is 529. The Labute approximate surface area is 145 Å². The second-order valence-corrected chi connectivity index (χ2v) is 6.47. The maximum absolute atomic E-state index is 11.8. The van der Waals surface area contributed by atoms with Crippen molar-refractivity contribution in [1.82, 2.24) is 0 Å². The van der Waals surface area contributed by atoms with Crippen LogP contribution < -0.4 is 0 Å². The highest BCUT2D eigenvalue weighted by Crippen LogP contribution is 2.32. The lowest BCUT2D eigenvalue weighted by Crippen LogP contribution is -2.27. The Kier molecular flexibility index (Phi) is 7.76. The average molecular weight is 328 g/mol. The van der Waals surface area contributed by atoms with Crippen molar-refractivity contribution < 1.29 is 14.6 Å². The molecule has 1 N–H and O–H groups in total. The van der Waals surface area contributed by atoms with E-state index in [9.17, 15) is 9.90 Å². The molecule has 1 aromatic rings. The van der Waals surface area contributed by atoms with Gasteiger partial charge in [-0.05, 0) is 36.8 Å². The van der Waals surface area contributed by atoms with E-state index in [-0.39, 0.29) is 24.6 Å². The van der Waals surface area contributed by atoms with Crippen molar-refractivity contribution in [2.45, 2.75) is 44.6 Å². The highest BCUT2D eigenvalue weighted by molar-refractivity contribution is 5.69. The summed E-state index contributed by atoms with van der Waals surface area (Å²) >= 11 is 0. The molecule has 0 amide bonds. The van der Waals surface area contributed by atoms with E-state index in [0.29, 0.717) is 18.8 Å². The van der Waals surface area contributed by atoms with E-state index >= 15 is 0 Å². The van der Waals surface area contributed by atoms with Crippen LogP contribution in [0.4, 0.5) is 0 Å². The second kappa shape index (κ2) is 10.1. The molecule has 1 fully saturated rings. The van der Waals surface area contributed by atoms with Crippen molar-refractivity contribution in [1.29, 1.82) is 0 Å². The molecular weight excluding hydrogens is 300 g/mol. The minimum absolute atomic E-state index is 0.0273. The largest absolute Gasteiger partial charge is 0.461 e. The van der Waals surface area contributed by atoms with E-state index < -0.39 is 0 Å². The molecule has 24 heavy (non-hydrogen) atoms. The van der Waals surface area contributed by atoms with Crippen molar-refractivity contribution >= 4 is 12.0 Å². The van der Waals surface area contributed by atoms with Gasteiger partial charge in [0.15, 0.2) is 0 Å². The number of rotatable bonds is 9. The number of hydrogen-bond acceptors (Lipinski definition) is 3. The molecule has 130 valence electrons. The quantitative estimate of drug-likeness (QED) is 0.540. The van der Waals surface area contributed by atoms with Gasteiger partial charge in [-0.3, -0.25) is 4.79 Å². The fourth-order valence-corrected chi connectivity index (χ4v) is 3.32. The Morgan fingerprint density at radius 2 is 2.00 bits per heavy atom. The number of carbonyl (C=O) groups excluding carboxylic acids is 1. The third-order valence-electron chi connectivity index (χ3n) is 4.76. The van der Waals surface area contributed by atoms with Crippen molar-refractivity contribution in [3.63, 3.8) is 0 Å². The van der Waals surface area contributed by atoms with Crippen molar-refractivity contribution in [3.8, 4) is 0 Å². The molecule has 1 aliphatic carbocycles. The second-order valence-electron chi connectivity index (χ2n) is 6.47. The SMILES string of the molecule is C=C[C@@H](CCC(=O)OC/C=C/c1ccccc1)[C@@H](O)C1CCCC1. The van der Waals surface area contributed by atoms with Crippen molar-refractivity contribution in [2.24, 2.45) is 11.8 Å². The first-order chi connectivity index (χ1) is 11.7. The summed E-state index contributed by atoms with van der Waals surface area (Å²) in [6, 6.07) is 9.90. The van der Waals surface area contributed by atoms with E-state index in [4.69, 9.17) is 4.74 Å². The van der Waals surface area contributed by atoms with Crippen molar-refractivity contribution in [3.05, 3.63) is 54.6 Å². The number of esters is 1. The molecule has 2 rings (SSSR count). The van der Waals surface area contributed by atoms with Gasteiger partial charge in [0.1, 0.15) is 6.61 Å². The molecular formula is C21H28O3. The monoisotopic (exact) mass is 328 g/mol. The molecule has 0 heterocycles. The van der Waals surface area contributed by atoms with Crippen molar-refractivity contribution in [2.75, 3.05) is 6.61 Å². The zero-order valence-electron chi connectivity index (χ0n) is 14.3. The van der Waals surface area contributed by atoms with E-state index in [2.05, 4.69) is 6.58 Å². The molecule has 3 heteroatoms. The first kappa shape index (κ1) is 18.5. The molecule has 3 nitrogen and oxygen atoms in total. The molecule has 1 saturated carbocycles. The van der Waals surface area contributed by atoms with Gasteiger partial charge in [-0.15, -0.1) is 6.58 Å². The van der Waals surface area contributed by atoms with Crippen LogP contribution in [0.5, 0.6) is 0 Å². The Morgan fingerprint density at radius 3 is 2.67 bits per heavy atom. The molecule has 0 saturated heterocycles.